The molecule has 1 unspecified atom stereocenters. The Balaban J connectivity index is 1.13. The summed E-state index contributed by atoms with van der Waals surface area (Å²) in [5.74, 6) is 0.0116. The lowest BCUT2D eigenvalue weighted by Crippen LogP contribution is -3.13. The van der Waals surface area contributed by atoms with E-state index >= 15 is 0 Å². The fraction of sp³-hybridized carbons (Fsp3) is 0.290. The number of pyridine rings is 1. The first-order chi connectivity index (χ1) is 20.8. The Kier molecular flexibility index (Phi) is 8.39. The number of quaternary nitrogens is 1. The first-order valence-electron chi connectivity index (χ1n) is 14.1. The molecule has 1 saturated heterocycles. The normalized spacial score (nSPS) is 15.0. The van der Waals surface area contributed by atoms with Crippen molar-refractivity contribution < 1.29 is 27.6 Å². The monoisotopic (exact) mass is 607 g/mol. The summed E-state index contributed by atoms with van der Waals surface area (Å²) in [7, 11) is 0. The summed E-state index contributed by atoms with van der Waals surface area (Å²) in [5.41, 5.74) is 3.62. The minimum Gasteiger partial charge on any atom is -0.488 e. The van der Waals surface area contributed by atoms with Gasteiger partial charge in [0, 0.05) is 35.9 Å². The molecule has 5 heterocycles. The Bertz CT molecular complexity index is 1680. The molecule has 1 aliphatic rings. The van der Waals surface area contributed by atoms with Gasteiger partial charge >= 0.3 is 6.18 Å². The van der Waals surface area contributed by atoms with Crippen LogP contribution < -0.4 is 15.0 Å². The molecule has 1 aliphatic heterocycles. The second-order valence-corrected chi connectivity index (χ2v) is 11.4. The van der Waals surface area contributed by atoms with Crippen LogP contribution in [-0.2, 0) is 0 Å². The molecule has 0 radical (unpaired) electrons. The van der Waals surface area contributed by atoms with Gasteiger partial charge in [0.25, 0.3) is 5.91 Å². The number of amides is 1. The zero-order valence-corrected chi connectivity index (χ0v) is 24.0. The quantitative estimate of drug-likeness (QED) is 0.246. The van der Waals surface area contributed by atoms with Crippen LogP contribution in [0.5, 0.6) is 5.75 Å². The van der Waals surface area contributed by atoms with Crippen molar-refractivity contribution in [2.75, 3.05) is 26.2 Å². The molecule has 8 nitrogen and oxygen atoms in total. The van der Waals surface area contributed by atoms with E-state index in [4.69, 9.17) is 4.74 Å². The number of carbonyl (C=O) groups is 1. The highest BCUT2D eigenvalue weighted by Crippen LogP contribution is 2.34. The molecule has 1 aromatic carbocycles. The second-order valence-electron chi connectivity index (χ2n) is 10.5. The fourth-order valence-corrected chi connectivity index (χ4v) is 6.10. The van der Waals surface area contributed by atoms with Gasteiger partial charge in [-0.3, -0.25) is 9.78 Å². The van der Waals surface area contributed by atoms with Crippen molar-refractivity contribution in [3.8, 4) is 28.0 Å². The van der Waals surface area contributed by atoms with Crippen molar-refractivity contribution in [1.29, 1.82) is 0 Å². The molecule has 2 N–H and O–H groups in total. The lowest BCUT2D eigenvalue weighted by atomic mass is 10.1. The van der Waals surface area contributed by atoms with E-state index in [-0.39, 0.29) is 10.4 Å². The zero-order valence-electron chi connectivity index (χ0n) is 23.2. The number of benzene rings is 1. The molecule has 1 amide bonds. The number of likely N-dealkylation sites (tertiary alicyclic amines) is 1. The van der Waals surface area contributed by atoms with Crippen molar-refractivity contribution >= 4 is 22.9 Å². The number of nitrogens with one attached hydrogen (secondary N) is 2. The molecule has 0 aliphatic carbocycles. The molecule has 1 atom stereocenters. The van der Waals surface area contributed by atoms with Crippen LogP contribution in [0.3, 0.4) is 0 Å². The maximum absolute atomic E-state index is 13.7. The zero-order chi connectivity index (χ0) is 29.8. The van der Waals surface area contributed by atoms with Crippen molar-refractivity contribution in [3.05, 3.63) is 89.3 Å². The number of nitrogens with zero attached hydrogens (tertiary/aromatic N) is 4. The Hall–Kier alpha value is -4.29. The first kappa shape index (κ1) is 28.8. The van der Waals surface area contributed by atoms with Crippen LogP contribution >= 0.6 is 11.3 Å². The molecule has 43 heavy (non-hydrogen) atoms. The van der Waals surface area contributed by atoms with E-state index in [1.165, 1.54) is 56.9 Å². The van der Waals surface area contributed by atoms with E-state index < -0.39 is 18.1 Å². The molecule has 12 heteroatoms. The summed E-state index contributed by atoms with van der Waals surface area (Å²) < 4.78 is 48.8. The summed E-state index contributed by atoms with van der Waals surface area (Å²) in [6, 6.07) is 9.75. The number of halogens is 3. The van der Waals surface area contributed by atoms with Crippen LogP contribution in [0.1, 0.15) is 40.5 Å². The summed E-state index contributed by atoms with van der Waals surface area (Å²) in [6.45, 7) is 4.16. The molecule has 0 bridgehead atoms. The topological polar surface area (TPSA) is 85.9 Å². The van der Waals surface area contributed by atoms with Crippen LogP contribution in [0.2, 0.25) is 0 Å². The van der Waals surface area contributed by atoms with Gasteiger partial charge in [-0.15, -0.1) is 11.3 Å². The van der Waals surface area contributed by atoms with Crippen LogP contribution in [-0.4, -0.2) is 57.9 Å². The number of thiophene rings is 1. The second kappa shape index (κ2) is 12.5. The number of alkyl halides is 3. The SMILES string of the molecule is O=C(NC(c1ccncc1)C(F)(F)F)c1cc(-c2cnn3cc(-c4ccc(OCC[NH+]5CCCCC5)cc4)cnc23)cs1. The van der Waals surface area contributed by atoms with Gasteiger partial charge in [-0.2, -0.15) is 18.3 Å². The van der Waals surface area contributed by atoms with Crippen LogP contribution in [0, 0.1) is 0 Å². The predicted molar refractivity (Wildman–Crippen MR) is 157 cm³/mol. The molecule has 4 aromatic heterocycles. The third kappa shape index (κ3) is 6.70. The third-order valence-electron chi connectivity index (χ3n) is 7.61. The van der Waals surface area contributed by atoms with Crippen molar-refractivity contribution in [1.82, 2.24) is 24.9 Å². The predicted octanol–water partition coefficient (Wildman–Crippen LogP) is 5.00. The summed E-state index contributed by atoms with van der Waals surface area (Å²) in [4.78, 5) is 22.9. The number of carbonyl (C=O) groups excluding carboxylic acids is 1. The van der Waals surface area contributed by atoms with Crippen molar-refractivity contribution in [2.45, 2.75) is 31.5 Å². The Morgan fingerprint density at radius 1 is 1.02 bits per heavy atom. The van der Waals surface area contributed by atoms with Crippen molar-refractivity contribution in [3.63, 3.8) is 0 Å². The summed E-state index contributed by atoms with van der Waals surface area (Å²) in [5, 5.41) is 8.26. The van der Waals surface area contributed by atoms with Crippen molar-refractivity contribution in [2.24, 2.45) is 0 Å². The molecule has 222 valence electrons. The summed E-state index contributed by atoms with van der Waals surface area (Å²) >= 11 is 1.06. The highest BCUT2D eigenvalue weighted by Gasteiger charge is 2.42. The smallest absolute Gasteiger partial charge is 0.412 e. The Labute approximate surface area is 250 Å². The first-order valence-corrected chi connectivity index (χ1v) is 15.0. The molecule has 1 fully saturated rings. The fourth-order valence-electron chi connectivity index (χ4n) is 5.29. The van der Waals surface area contributed by atoms with E-state index in [0.717, 1.165) is 34.8 Å². The minimum absolute atomic E-state index is 0.0915. The van der Waals surface area contributed by atoms with Gasteiger partial charge in [-0.25, -0.2) is 9.50 Å². The Morgan fingerprint density at radius 2 is 1.79 bits per heavy atom. The maximum atomic E-state index is 13.7. The average Bonchev–Trinajstić information content (AvgIpc) is 3.68. The van der Waals surface area contributed by atoms with E-state index in [9.17, 15) is 18.0 Å². The van der Waals surface area contributed by atoms with Crippen LogP contribution in [0.15, 0.2) is 78.8 Å². The van der Waals surface area contributed by atoms with E-state index in [2.05, 4.69) is 20.4 Å². The molecular formula is C31H30F3N6O2S+. The van der Waals surface area contributed by atoms with Gasteiger partial charge in [0.1, 0.15) is 18.9 Å². The number of piperidine rings is 1. The molecular weight excluding hydrogens is 577 g/mol. The number of hydrogen-bond acceptors (Lipinski definition) is 6. The van der Waals surface area contributed by atoms with Gasteiger partial charge in [0.05, 0.1) is 24.2 Å². The highest BCUT2D eigenvalue weighted by atomic mass is 32.1. The van der Waals surface area contributed by atoms with Gasteiger partial charge in [0.15, 0.2) is 11.7 Å². The summed E-state index contributed by atoms with van der Waals surface area (Å²) in [6.07, 6.45) is 7.03. The molecule has 5 aromatic rings. The van der Waals surface area contributed by atoms with Crippen LogP contribution in [0.25, 0.3) is 27.9 Å². The number of fused-ring (bicyclic) bond motifs is 1. The lowest BCUT2D eigenvalue weighted by molar-refractivity contribution is -0.904. The minimum atomic E-state index is -4.66. The largest absolute Gasteiger partial charge is 0.488 e. The number of ether oxygens (including phenoxy) is 1. The standard InChI is InChI=1S/C31H29F3N6O2S/c32-31(33,34)28(22-8-10-35-11-9-22)38-30(41)27-16-23(20-43-27)26-18-37-40-19-24(17-36-29(26)40)21-4-6-25(7-5-21)42-15-14-39-12-2-1-3-13-39/h4-11,16-20,28H,1-3,12-15H2,(H,38,41)/p+1. The van der Waals surface area contributed by atoms with Gasteiger partial charge in [-0.05, 0) is 71.7 Å². The number of aromatic nitrogens is 4. The maximum Gasteiger partial charge on any atom is 0.412 e. The van der Waals surface area contributed by atoms with E-state index in [1.54, 1.807) is 33.3 Å². The van der Waals surface area contributed by atoms with Gasteiger partial charge in [-0.1, -0.05) is 12.1 Å². The lowest BCUT2D eigenvalue weighted by Gasteiger charge is -2.23. The number of hydrogen-bond donors (Lipinski definition) is 2. The van der Waals surface area contributed by atoms with Crippen LogP contribution in [0.4, 0.5) is 13.2 Å². The van der Waals surface area contributed by atoms with Gasteiger partial charge in [0.2, 0.25) is 0 Å². The third-order valence-corrected chi connectivity index (χ3v) is 8.53. The Morgan fingerprint density at radius 3 is 2.53 bits per heavy atom. The highest BCUT2D eigenvalue weighted by molar-refractivity contribution is 7.12. The average molecular weight is 608 g/mol. The molecule has 6 rings (SSSR count). The molecule has 0 saturated carbocycles. The van der Waals surface area contributed by atoms with E-state index in [0.29, 0.717) is 23.4 Å². The van der Waals surface area contributed by atoms with E-state index in [1.807, 2.05) is 30.5 Å². The number of rotatable bonds is 9. The molecule has 0 spiro atoms. The van der Waals surface area contributed by atoms with Gasteiger partial charge < -0.3 is 15.0 Å².